The van der Waals surface area contributed by atoms with Crippen LogP contribution >= 0.6 is 0 Å². The van der Waals surface area contributed by atoms with Crippen molar-refractivity contribution in [2.75, 3.05) is 26.2 Å². The van der Waals surface area contributed by atoms with Crippen molar-refractivity contribution in [1.82, 2.24) is 19.4 Å². The quantitative estimate of drug-likeness (QED) is 0.639. The highest BCUT2D eigenvalue weighted by Crippen LogP contribution is 2.30. The summed E-state index contributed by atoms with van der Waals surface area (Å²) < 4.78 is 8.42. The van der Waals surface area contributed by atoms with Crippen molar-refractivity contribution in [1.29, 1.82) is 0 Å². The molecule has 1 aliphatic heterocycles. The highest BCUT2D eigenvalue weighted by atomic mass is 16.5. The predicted molar refractivity (Wildman–Crippen MR) is 113 cm³/mol. The van der Waals surface area contributed by atoms with E-state index in [-0.39, 0.29) is 0 Å². The fourth-order valence-electron chi connectivity index (χ4n) is 4.14. The van der Waals surface area contributed by atoms with Crippen molar-refractivity contribution in [3.05, 3.63) is 53.5 Å². The molecule has 1 aliphatic rings. The van der Waals surface area contributed by atoms with Gasteiger partial charge in [0, 0.05) is 18.8 Å². The third kappa shape index (κ3) is 4.04. The van der Waals surface area contributed by atoms with E-state index in [1.807, 2.05) is 6.07 Å². The Kier molecular flexibility index (Phi) is 5.91. The first-order valence-corrected chi connectivity index (χ1v) is 10.4. The van der Waals surface area contributed by atoms with Gasteiger partial charge in [-0.3, -0.25) is 4.90 Å². The van der Waals surface area contributed by atoms with Gasteiger partial charge in [0.05, 0.1) is 5.39 Å². The Labute approximate surface area is 167 Å². The molecule has 0 atom stereocenters. The summed E-state index contributed by atoms with van der Waals surface area (Å²) in [7, 11) is 0. The summed E-state index contributed by atoms with van der Waals surface area (Å²) in [6.07, 6.45) is 6.95. The normalized spacial score (nSPS) is 15.6. The Morgan fingerprint density at radius 3 is 2.46 bits per heavy atom. The van der Waals surface area contributed by atoms with Crippen molar-refractivity contribution < 1.29 is 4.74 Å². The van der Waals surface area contributed by atoms with E-state index in [0.717, 1.165) is 24.1 Å². The lowest BCUT2D eigenvalue weighted by Crippen LogP contribution is -2.29. The van der Waals surface area contributed by atoms with Crippen molar-refractivity contribution >= 4 is 11.0 Å². The second-order valence-electron chi connectivity index (χ2n) is 7.76. The number of likely N-dealkylation sites (tertiary alicyclic amines) is 1. The zero-order valence-corrected chi connectivity index (χ0v) is 17.0. The van der Waals surface area contributed by atoms with E-state index < -0.39 is 0 Å². The maximum absolute atomic E-state index is 6.16. The molecule has 148 valence electrons. The molecule has 2 aromatic heterocycles. The number of rotatable bonds is 6. The van der Waals surface area contributed by atoms with Crippen molar-refractivity contribution in [2.45, 2.75) is 46.1 Å². The molecule has 28 heavy (non-hydrogen) atoms. The molecule has 1 aromatic carbocycles. The SMILES string of the molecule is Cc1c(C)n(Cc2ccccc2)c2ncnc(OCCN3CCCCCC3)c12. The molecular weight excluding hydrogens is 348 g/mol. The van der Waals surface area contributed by atoms with Gasteiger partial charge >= 0.3 is 0 Å². The van der Waals surface area contributed by atoms with Crippen LogP contribution in [0.4, 0.5) is 0 Å². The number of aryl methyl sites for hydroxylation is 1. The second-order valence-corrected chi connectivity index (χ2v) is 7.76. The Morgan fingerprint density at radius 2 is 1.71 bits per heavy atom. The lowest BCUT2D eigenvalue weighted by molar-refractivity contribution is 0.211. The van der Waals surface area contributed by atoms with Crippen LogP contribution in [0.15, 0.2) is 36.7 Å². The van der Waals surface area contributed by atoms with Gasteiger partial charge < -0.3 is 9.30 Å². The number of nitrogens with zero attached hydrogens (tertiary/aromatic N) is 4. The highest BCUT2D eigenvalue weighted by Gasteiger charge is 2.18. The summed E-state index contributed by atoms with van der Waals surface area (Å²) in [6.45, 7) is 9.12. The summed E-state index contributed by atoms with van der Waals surface area (Å²) in [5.41, 5.74) is 4.65. The van der Waals surface area contributed by atoms with Crippen LogP contribution in [0.1, 0.15) is 42.5 Å². The Morgan fingerprint density at radius 1 is 0.964 bits per heavy atom. The van der Waals surface area contributed by atoms with Gasteiger partial charge in [-0.2, -0.15) is 0 Å². The molecular formula is C23H30N4O. The molecule has 0 N–H and O–H groups in total. The molecule has 0 amide bonds. The molecule has 0 aliphatic carbocycles. The van der Waals surface area contributed by atoms with Crippen molar-refractivity contribution in [3.63, 3.8) is 0 Å². The standard InChI is InChI=1S/C23H30N4O/c1-18-19(2)27(16-20-10-6-5-7-11-20)22-21(18)23(25-17-24-22)28-15-14-26-12-8-3-4-9-13-26/h5-7,10-11,17H,3-4,8-9,12-16H2,1-2H3. The van der Waals surface area contributed by atoms with Gasteiger partial charge in [-0.15, -0.1) is 0 Å². The topological polar surface area (TPSA) is 43.2 Å². The largest absolute Gasteiger partial charge is 0.476 e. The molecule has 0 spiro atoms. The molecule has 4 rings (SSSR count). The third-order valence-electron chi connectivity index (χ3n) is 5.90. The minimum absolute atomic E-state index is 0.675. The number of hydrogen-bond donors (Lipinski definition) is 0. The summed E-state index contributed by atoms with van der Waals surface area (Å²) in [5.74, 6) is 0.715. The van der Waals surface area contributed by atoms with E-state index in [1.54, 1.807) is 6.33 Å². The van der Waals surface area contributed by atoms with Gasteiger partial charge in [0.1, 0.15) is 18.6 Å². The maximum atomic E-state index is 6.16. The predicted octanol–water partition coefficient (Wildman–Crippen LogP) is 4.35. The van der Waals surface area contributed by atoms with Crippen LogP contribution < -0.4 is 4.74 Å². The van der Waals surface area contributed by atoms with E-state index in [0.29, 0.717) is 12.5 Å². The number of benzene rings is 1. The fourth-order valence-corrected chi connectivity index (χ4v) is 4.14. The molecule has 1 fully saturated rings. The summed E-state index contributed by atoms with van der Waals surface area (Å²) in [4.78, 5) is 11.6. The number of ether oxygens (including phenoxy) is 1. The van der Waals surface area contributed by atoms with Crippen LogP contribution in [0.25, 0.3) is 11.0 Å². The molecule has 0 radical (unpaired) electrons. The number of hydrogen-bond acceptors (Lipinski definition) is 4. The molecule has 3 heterocycles. The zero-order chi connectivity index (χ0) is 19.3. The van der Waals surface area contributed by atoms with Gasteiger partial charge in [-0.25, -0.2) is 9.97 Å². The summed E-state index contributed by atoms with van der Waals surface area (Å²) in [6, 6.07) is 10.5. The van der Waals surface area contributed by atoms with Crippen LogP contribution in [0.5, 0.6) is 5.88 Å². The van der Waals surface area contributed by atoms with Gasteiger partial charge in [0.2, 0.25) is 5.88 Å². The number of fused-ring (bicyclic) bond motifs is 1. The van der Waals surface area contributed by atoms with Crippen molar-refractivity contribution in [3.8, 4) is 5.88 Å². The Hall–Kier alpha value is -2.40. The Bertz CT molecular complexity index is 911. The van der Waals surface area contributed by atoms with Gasteiger partial charge in [-0.1, -0.05) is 43.2 Å². The van der Waals surface area contributed by atoms with E-state index >= 15 is 0 Å². The molecule has 0 saturated carbocycles. The average molecular weight is 379 g/mol. The van der Waals surface area contributed by atoms with Crippen molar-refractivity contribution in [2.24, 2.45) is 0 Å². The molecule has 0 bridgehead atoms. The van der Waals surface area contributed by atoms with Gasteiger partial charge in [0.25, 0.3) is 0 Å². The van der Waals surface area contributed by atoms with Crippen LogP contribution in [0.2, 0.25) is 0 Å². The van der Waals surface area contributed by atoms with E-state index in [1.165, 1.54) is 55.6 Å². The van der Waals surface area contributed by atoms with Crippen LogP contribution in [-0.4, -0.2) is 45.7 Å². The highest BCUT2D eigenvalue weighted by molar-refractivity contribution is 5.86. The monoisotopic (exact) mass is 378 g/mol. The maximum Gasteiger partial charge on any atom is 0.226 e. The van der Waals surface area contributed by atoms with E-state index in [4.69, 9.17) is 4.74 Å². The van der Waals surface area contributed by atoms with Crippen LogP contribution in [-0.2, 0) is 6.54 Å². The fraction of sp³-hybridized carbons (Fsp3) is 0.478. The summed E-state index contributed by atoms with van der Waals surface area (Å²) >= 11 is 0. The lowest BCUT2D eigenvalue weighted by atomic mass is 10.2. The average Bonchev–Trinajstić information content (AvgIpc) is 2.90. The molecule has 3 aromatic rings. The first kappa shape index (κ1) is 18.9. The van der Waals surface area contributed by atoms with E-state index in [9.17, 15) is 0 Å². The first-order valence-electron chi connectivity index (χ1n) is 10.4. The Balaban J connectivity index is 1.53. The molecule has 5 nitrogen and oxygen atoms in total. The van der Waals surface area contributed by atoms with E-state index in [2.05, 4.69) is 57.5 Å². The minimum Gasteiger partial charge on any atom is -0.476 e. The minimum atomic E-state index is 0.675. The van der Waals surface area contributed by atoms with Crippen LogP contribution in [0, 0.1) is 13.8 Å². The molecule has 0 unspecified atom stereocenters. The summed E-state index contributed by atoms with van der Waals surface area (Å²) in [5, 5.41) is 1.05. The van der Waals surface area contributed by atoms with Crippen LogP contribution in [0.3, 0.4) is 0 Å². The number of aromatic nitrogens is 3. The van der Waals surface area contributed by atoms with Gasteiger partial charge in [0.15, 0.2) is 0 Å². The molecule has 1 saturated heterocycles. The third-order valence-corrected chi connectivity index (χ3v) is 5.90. The smallest absolute Gasteiger partial charge is 0.226 e. The first-order chi connectivity index (χ1) is 13.7. The molecule has 5 heteroatoms. The lowest BCUT2D eigenvalue weighted by Gasteiger charge is -2.19. The zero-order valence-electron chi connectivity index (χ0n) is 17.0. The van der Waals surface area contributed by atoms with Gasteiger partial charge in [-0.05, 0) is 50.9 Å². The second kappa shape index (κ2) is 8.74.